The third-order valence-electron chi connectivity index (χ3n) is 2.61. The Morgan fingerprint density at radius 3 is 2.68 bits per heavy atom. The second-order valence-electron chi connectivity index (χ2n) is 3.82. The molecular formula is C15H17NO3. The molecule has 0 radical (unpaired) electrons. The molecule has 1 rings (SSSR count). The monoisotopic (exact) mass is 259 g/mol. The maximum atomic E-state index is 11.4. The van der Waals surface area contributed by atoms with Crippen LogP contribution in [0.2, 0.25) is 0 Å². The predicted octanol–water partition coefficient (Wildman–Crippen LogP) is 2.73. The zero-order chi connectivity index (χ0) is 14.3. The Hall–Kier alpha value is -2.28. The van der Waals surface area contributed by atoms with Crippen LogP contribution in [0.1, 0.15) is 25.0 Å². The minimum absolute atomic E-state index is 0.0484. The second-order valence-corrected chi connectivity index (χ2v) is 3.82. The normalized spacial score (nSPS) is 10.7. The van der Waals surface area contributed by atoms with Gasteiger partial charge >= 0.3 is 5.97 Å². The molecule has 0 amide bonds. The van der Waals surface area contributed by atoms with Gasteiger partial charge in [-0.05, 0) is 31.1 Å². The topological polar surface area (TPSA) is 59.3 Å². The molecule has 0 spiro atoms. The zero-order valence-corrected chi connectivity index (χ0v) is 11.4. The Bertz CT molecular complexity index is 527. The maximum Gasteiger partial charge on any atom is 0.348 e. The maximum absolute atomic E-state index is 11.4. The van der Waals surface area contributed by atoms with Gasteiger partial charge in [-0.1, -0.05) is 19.1 Å². The Balaban J connectivity index is 3.22. The van der Waals surface area contributed by atoms with Crippen LogP contribution in [0.25, 0.3) is 6.08 Å². The molecule has 0 aliphatic heterocycles. The lowest BCUT2D eigenvalue weighted by molar-refractivity contribution is -0.135. The number of benzene rings is 1. The molecule has 0 N–H and O–H groups in total. The Labute approximate surface area is 113 Å². The first-order chi connectivity index (χ1) is 9.15. The van der Waals surface area contributed by atoms with Gasteiger partial charge in [0.15, 0.2) is 0 Å². The largest absolute Gasteiger partial charge is 0.493 e. The Kier molecular flexibility index (Phi) is 5.62. The molecule has 0 aliphatic rings. The summed E-state index contributed by atoms with van der Waals surface area (Å²) in [5, 5.41) is 8.95. The van der Waals surface area contributed by atoms with E-state index in [9.17, 15) is 4.79 Å². The number of nitriles is 1. The molecule has 0 saturated carbocycles. The summed E-state index contributed by atoms with van der Waals surface area (Å²) < 4.78 is 10.1. The number of carbonyl (C=O) groups is 1. The van der Waals surface area contributed by atoms with Gasteiger partial charge in [0.1, 0.15) is 17.4 Å². The number of esters is 1. The quantitative estimate of drug-likeness (QED) is 0.463. The van der Waals surface area contributed by atoms with Gasteiger partial charge in [0.2, 0.25) is 0 Å². The summed E-state index contributed by atoms with van der Waals surface area (Å²) in [6.07, 6.45) is 2.38. The molecule has 100 valence electrons. The third kappa shape index (κ3) is 3.85. The van der Waals surface area contributed by atoms with Gasteiger partial charge in [-0.2, -0.15) is 5.26 Å². The summed E-state index contributed by atoms with van der Waals surface area (Å²) in [7, 11) is 1.25. The van der Waals surface area contributed by atoms with Gasteiger partial charge < -0.3 is 9.47 Å². The van der Waals surface area contributed by atoms with Crippen LogP contribution in [0.5, 0.6) is 5.75 Å². The van der Waals surface area contributed by atoms with Crippen LogP contribution in [0.3, 0.4) is 0 Å². The first-order valence-corrected chi connectivity index (χ1v) is 6.12. The highest BCUT2D eigenvalue weighted by atomic mass is 16.5. The summed E-state index contributed by atoms with van der Waals surface area (Å²) in [5.74, 6) is 0.0167. The van der Waals surface area contributed by atoms with Crippen molar-refractivity contribution >= 4 is 12.0 Å². The van der Waals surface area contributed by atoms with Crippen LogP contribution in [0.4, 0.5) is 0 Å². The number of ether oxygens (including phenoxy) is 2. The van der Waals surface area contributed by atoms with Crippen molar-refractivity contribution in [2.45, 2.75) is 20.3 Å². The minimum Gasteiger partial charge on any atom is -0.493 e. The van der Waals surface area contributed by atoms with E-state index in [1.165, 1.54) is 13.2 Å². The van der Waals surface area contributed by atoms with Gasteiger partial charge in [0.05, 0.1) is 13.7 Å². The fourth-order valence-electron chi connectivity index (χ4n) is 1.60. The zero-order valence-electron chi connectivity index (χ0n) is 11.4. The van der Waals surface area contributed by atoms with Gasteiger partial charge in [0, 0.05) is 5.56 Å². The van der Waals surface area contributed by atoms with E-state index in [0.29, 0.717) is 17.9 Å². The molecule has 0 fully saturated rings. The van der Waals surface area contributed by atoms with Gasteiger partial charge in [-0.25, -0.2) is 4.79 Å². The number of methoxy groups -OCH3 is 1. The smallest absolute Gasteiger partial charge is 0.348 e. The van der Waals surface area contributed by atoms with E-state index in [1.807, 2.05) is 31.2 Å². The third-order valence-corrected chi connectivity index (χ3v) is 2.61. The first kappa shape index (κ1) is 14.8. The van der Waals surface area contributed by atoms with Crippen molar-refractivity contribution < 1.29 is 14.3 Å². The number of hydrogen-bond acceptors (Lipinski definition) is 4. The van der Waals surface area contributed by atoms with Crippen molar-refractivity contribution in [3.63, 3.8) is 0 Å². The summed E-state index contributed by atoms with van der Waals surface area (Å²) in [5.41, 5.74) is 1.78. The lowest BCUT2D eigenvalue weighted by atomic mass is 10.1. The van der Waals surface area contributed by atoms with E-state index in [1.54, 1.807) is 0 Å². The SMILES string of the molecule is CCOc1cc(CC)ccc1C=C(C#N)C(=O)OC. The first-order valence-electron chi connectivity index (χ1n) is 6.12. The molecule has 1 aromatic carbocycles. The van der Waals surface area contributed by atoms with E-state index in [2.05, 4.69) is 11.7 Å². The van der Waals surface area contributed by atoms with Crippen molar-refractivity contribution in [1.29, 1.82) is 5.26 Å². The molecule has 0 bridgehead atoms. The van der Waals surface area contributed by atoms with Crippen LogP contribution in [0, 0.1) is 11.3 Å². The average Bonchev–Trinajstić information content (AvgIpc) is 2.45. The van der Waals surface area contributed by atoms with Crippen molar-refractivity contribution in [2.24, 2.45) is 0 Å². The van der Waals surface area contributed by atoms with Crippen molar-refractivity contribution in [3.8, 4) is 11.8 Å². The second kappa shape index (κ2) is 7.22. The molecule has 0 heterocycles. The molecule has 4 nitrogen and oxygen atoms in total. The van der Waals surface area contributed by atoms with Crippen LogP contribution in [-0.4, -0.2) is 19.7 Å². The molecule has 0 unspecified atom stereocenters. The molecule has 1 aromatic rings. The minimum atomic E-state index is -0.649. The van der Waals surface area contributed by atoms with Crippen LogP contribution in [0.15, 0.2) is 23.8 Å². The number of aryl methyl sites for hydroxylation is 1. The van der Waals surface area contributed by atoms with Crippen molar-refractivity contribution in [3.05, 3.63) is 34.9 Å². The van der Waals surface area contributed by atoms with Crippen LogP contribution in [-0.2, 0) is 16.0 Å². The molecule has 19 heavy (non-hydrogen) atoms. The Morgan fingerprint density at radius 2 is 2.16 bits per heavy atom. The molecular weight excluding hydrogens is 242 g/mol. The molecule has 4 heteroatoms. The van der Waals surface area contributed by atoms with E-state index in [0.717, 1.165) is 12.0 Å². The van der Waals surface area contributed by atoms with E-state index in [-0.39, 0.29) is 5.57 Å². The highest BCUT2D eigenvalue weighted by molar-refractivity contribution is 5.98. The number of rotatable bonds is 5. The van der Waals surface area contributed by atoms with Crippen LogP contribution < -0.4 is 4.74 Å². The fraction of sp³-hybridized carbons (Fsp3) is 0.333. The van der Waals surface area contributed by atoms with Crippen LogP contribution >= 0.6 is 0 Å². The molecule has 0 saturated heterocycles. The summed E-state index contributed by atoms with van der Waals surface area (Å²) in [6.45, 7) is 4.46. The van der Waals surface area contributed by atoms with Gasteiger partial charge in [-0.3, -0.25) is 0 Å². The standard InChI is InChI=1S/C15H17NO3/c1-4-11-6-7-12(14(8-11)19-5-2)9-13(10-16)15(17)18-3/h6-9H,4-5H2,1-3H3. The molecule has 0 atom stereocenters. The highest BCUT2D eigenvalue weighted by Gasteiger charge is 2.11. The average molecular weight is 259 g/mol. The van der Waals surface area contributed by atoms with Gasteiger partial charge in [-0.15, -0.1) is 0 Å². The lowest BCUT2D eigenvalue weighted by Gasteiger charge is -2.09. The Morgan fingerprint density at radius 1 is 1.42 bits per heavy atom. The predicted molar refractivity (Wildman–Crippen MR) is 72.6 cm³/mol. The summed E-state index contributed by atoms with van der Waals surface area (Å²) in [6, 6.07) is 7.53. The van der Waals surface area contributed by atoms with E-state index >= 15 is 0 Å². The van der Waals surface area contributed by atoms with E-state index in [4.69, 9.17) is 10.00 Å². The van der Waals surface area contributed by atoms with Crippen molar-refractivity contribution in [2.75, 3.05) is 13.7 Å². The fourth-order valence-corrected chi connectivity index (χ4v) is 1.60. The lowest BCUT2D eigenvalue weighted by Crippen LogP contribution is -2.03. The van der Waals surface area contributed by atoms with E-state index < -0.39 is 5.97 Å². The van der Waals surface area contributed by atoms with Gasteiger partial charge in [0.25, 0.3) is 0 Å². The molecule has 0 aromatic heterocycles. The number of carbonyl (C=O) groups excluding carboxylic acids is 1. The highest BCUT2D eigenvalue weighted by Crippen LogP contribution is 2.23. The van der Waals surface area contributed by atoms with Crippen molar-refractivity contribution in [1.82, 2.24) is 0 Å². The summed E-state index contributed by atoms with van der Waals surface area (Å²) >= 11 is 0. The summed E-state index contributed by atoms with van der Waals surface area (Å²) in [4.78, 5) is 11.4. The number of nitrogens with zero attached hydrogens (tertiary/aromatic N) is 1. The number of hydrogen-bond donors (Lipinski definition) is 0. The molecule has 0 aliphatic carbocycles.